The van der Waals surface area contributed by atoms with Gasteiger partial charge in [0, 0.05) is 0 Å². The van der Waals surface area contributed by atoms with Crippen molar-refractivity contribution in [3.05, 3.63) is 65.7 Å². The molecule has 0 saturated heterocycles. The van der Waals surface area contributed by atoms with Crippen LogP contribution in [0.1, 0.15) is 63.0 Å². The number of hydrogen-bond donors (Lipinski definition) is 0. The van der Waals surface area contributed by atoms with Crippen molar-refractivity contribution in [2.24, 2.45) is 5.92 Å². The van der Waals surface area contributed by atoms with E-state index in [4.69, 9.17) is 0 Å². The van der Waals surface area contributed by atoms with E-state index in [1.165, 1.54) is 54.4 Å². The molecule has 0 nitrogen and oxygen atoms in total. The highest BCUT2D eigenvalue weighted by molar-refractivity contribution is 5.66. The minimum Gasteiger partial charge on any atom is -0.0871 e. The zero-order valence-corrected chi connectivity index (χ0v) is 14.5. The lowest BCUT2D eigenvalue weighted by atomic mass is 9.77. The molecule has 23 heavy (non-hydrogen) atoms. The monoisotopic (exact) mass is 304 g/mol. The van der Waals surface area contributed by atoms with Gasteiger partial charge in [0.25, 0.3) is 0 Å². The standard InChI is InChI=1S/C23H28/c1-3-5-19-8-12-21(13-9-19)23-16-14-22(15-17-23)20-10-6-18(4-2)7-11-20/h3,5,8-9,12-18,20H,4,6-7,10-11H2,1-2H3/b5-3+. The van der Waals surface area contributed by atoms with E-state index in [0.717, 1.165) is 11.8 Å². The minimum absolute atomic E-state index is 0.781. The molecule has 0 radical (unpaired) electrons. The average molecular weight is 304 g/mol. The molecule has 120 valence electrons. The zero-order chi connectivity index (χ0) is 16.1. The molecule has 0 N–H and O–H groups in total. The molecule has 0 bridgehead atoms. The summed E-state index contributed by atoms with van der Waals surface area (Å²) in [5.74, 6) is 1.75. The van der Waals surface area contributed by atoms with Crippen molar-refractivity contribution < 1.29 is 0 Å². The third-order valence-electron chi connectivity index (χ3n) is 5.41. The fraction of sp³-hybridized carbons (Fsp3) is 0.391. The Labute approximate surface area is 141 Å². The quantitative estimate of drug-likeness (QED) is 0.566. The van der Waals surface area contributed by atoms with Crippen LogP contribution in [0.4, 0.5) is 0 Å². The van der Waals surface area contributed by atoms with Gasteiger partial charge in [0.1, 0.15) is 0 Å². The maximum absolute atomic E-state index is 2.35. The summed E-state index contributed by atoms with van der Waals surface area (Å²) in [4.78, 5) is 0. The third-order valence-corrected chi connectivity index (χ3v) is 5.41. The van der Waals surface area contributed by atoms with Gasteiger partial charge in [0.15, 0.2) is 0 Å². The fourth-order valence-electron chi connectivity index (χ4n) is 3.83. The number of benzene rings is 2. The summed E-state index contributed by atoms with van der Waals surface area (Å²) in [5, 5.41) is 0. The molecule has 0 aliphatic heterocycles. The van der Waals surface area contributed by atoms with Gasteiger partial charge in [-0.2, -0.15) is 0 Å². The first-order chi connectivity index (χ1) is 11.3. The van der Waals surface area contributed by atoms with E-state index in [1.807, 2.05) is 0 Å². The summed E-state index contributed by atoms with van der Waals surface area (Å²) in [6.07, 6.45) is 11.1. The lowest BCUT2D eigenvalue weighted by Gasteiger charge is -2.28. The van der Waals surface area contributed by atoms with E-state index in [0.29, 0.717) is 0 Å². The lowest BCUT2D eigenvalue weighted by molar-refractivity contribution is 0.319. The van der Waals surface area contributed by atoms with Gasteiger partial charge in [-0.3, -0.25) is 0 Å². The Kier molecular flexibility index (Phi) is 5.33. The second kappa shape index (κ2) is 7.64. The van der Waals surface area contributed by atoms with E-state index in [9.17, 15) is 0 Å². The molecule has 1 saturated carbocycles. The SMILES string of the molecule is C/C=C/c1ccc(-c2ccc(C3CCC(CC)CC3)cc2)cc1. The Balaban J connectivity index is 1.69. The molecule has 0 unspecified atom stereocenters. The minimum atomic E-state index is 0.781. The molecule has 3 rings (SSSR count). The van der Waals surface area contributed by atoms with Crippen molar-refractivity contribution >= 4 is 6.08 Å². The predicted octanol–water partition coefficient (Wildman–Crippen LogP) is 7.07. The zero-order valence-electron chi connectivity index (χ0n) is 14.5. The van der Waals surface area contributed by atoms with Crippen LogP contribution in [0.5, 0.6) is 0 Å². The first-order valence-electron chi connectivity index (χ1n) is 9.13. The lowest BCUT2D eigenvalue weighted by Crippen LogP contribution is -2.12. The molecule has 1 aliphatic rings. The molecule has 0 aromatic heterocycles. The molecular formula is C23H28. The van der Waals surface area contributed by atoms with Gasteiger partial charge in [0.2, 0.25) is 0 Å². The van der Waals surface area contributed by atoms with Gasteiger partial charge in [-0.25, -0.2) is 0 Å². The van der Waals surface area contributed by atoms with Crippen molar-refractivity contribution in [1.29, 1.82) is 0 Å². The normalized spacial score (nSPS) is 21.7. The van der Waals surface area contributed by atoms with Gasteiger partial charge in [0.05, 0.1) is 0 Å². The summed E-state index contributed by atoms with van der Waals surface area (Å²) >= 11 is 0. The Morgan fingerprint density at radius 3 is 1.91 bits per heavy atom. The Morgan fingerprint density at radius 1 is 0.826 bits per heavy atom. The molecule has 0 heteroatoms. The van der Waals surface area contributed by atoms with E-state index in [1.54, 1.807) is 0 Å². The van der Waals surface area contributed by atoms with Crippen LogP contribution in [0.3, 0.4) is 0 Å². The van der Waals surface area contributed by atoms with Gasteiger partial charge in [-0.15, -0.1) is 0 Å². The summed E-state index contributed by atoms with van der Waals surface area (Å²) < 4.78 is 0. The molecule has 1 fully saturated rings. The van der Waals surface area contributed by atoms with Crippen molar-refractivity contribution in [2.75, 3.05) is 0 Å². The molecule has 0 heterocycles. The first-order valence-corrected chi connectivity index (χ1v) is 9.13. The van der Waals surface area contributed by atoms with Crippen LogP contribution in [0.2, 0.25) is 0 Å². The van der Waals surface area contributed by atoms with E-state index < -0.39 is 0 Å². The summed E-state index contributed by atoms with van der Waals surface area (Å²) in [7, 11) is 0. The van der Waals surface area contributed by atoms with Crippen LogP contribution < -0.4 is 0 Å². The highest BCUT2D eigenvalue weighted by Crippen LogP contribution is 2.37. The Hall–Kier alpha value is -1.82. The summed E-state index contributed by atoms with van der Waals surface area (Å²) in [6, 6.07) is 18.1. The van der Waals surface area contributed by atoms with Crippen molar-refractivity contribution in [2.45, 2.75) is 51.9 Å². The van der Waals surface area contributed by atoms with E-state index in [-0.39, 0.29) is 0 Å². The number of allylic oxidation sites excluding steroid dienone is 1. The van der Waals surface area contributed by atoms with Crippen molar-refractivity contribution in [3.63, 3.8) is 0 Å². The molecule has 0 amide bonds. The largest absolute Gasteiger partial charge is 0.0871 e. The van der Waals surface area contributed by atoms with Crippen LogP contribution >= 0.6 is 0 Å². The average Bonchev–Trinajstić information content (AvgIpc) is 2.63. The van der Waals surface area contributed by atoms with Gasteiger partial charge < -0.3 is 0 Å². The molecule has 0 spiro atoms. The molecule has 2 aromatic rings. The van der Waals surface area contributed by atoms with Gasteiger partial charge >= 0.3 is 0 Å². The van der Waals surface area contributed by atoms with Crippen molar-refractivity contribution in [3.8, 4) is 11.1 Å². The molecular weight excluding hydrogens is 276 g/mol. The van der Waals surface area contributed by atoms with Crippen LogP contribution in [0, 0.1) is 5.92 Å². The van der Waals surface area contributed by atoms with Crippen LogP contribution in [0.15, 0.2) is 54.6 Å². The van der Waals surface area contributed by atoms with Crippen molar-refractivity contribution in [1.82, 2.24) is 0 Å². The van der Waals surface area contributed by atoms with Crippen LogP contribution in [0.25, 0.3) is 17.2 Å². The second-order valence-electron chi connectivity index (χ2n) is 6.87. The molecule has 0 atom stereocenters. The summed E-state index contributed by atoms with van der Waals surface area (Å²) in [6.45, 7) is 4.39. The highest BCUT2D eigenvalue weighted by Gasteiger charge is 2.21. The molecule has 1 aliphatic carbocycles. The van der Waals surface area contributed by atoms with E-state index >= 15 is 0 Å². The number of hydrogen-bond acceptors (Lipinski definition) is 0. The smallest absolute Gasteiger partial charge is 0.0162 e. The fourth-order valence-corrected chi connectivity index (χ4v) is 3.83. The Morgan fingerprint density at radius 2 is 1.39 bits per heavy atom. The van der Waals surface area contributed by atoms with Crippen LogP contribution in [-0.2, 0) is 0 Å². The predicted molar refractivity (Wildman–Crippen MR) is 102 cm³/mol. The number of rotatable bonds is 4. The topological polar surface area (TPSA) is 0 Å². The second-order valence-corrected chi connectivity index (χ2v) is 6.87. The molecule has 2 aromatic carbocycles. The van der Waals surface area contributed by atoms with Gasteiger partial charge in [-0.1, -0.05) is 74.0 Å². The maximum atomic E-state index is 2.35. The van der Waals surface area contributed by atoms with Crippen LogP contribution in [-0.4, -0.2) is 0 Å². The summed E-state index contributed by atoms with van der Waals surface area (Å²) in [5.41, 5.74) is 5.43. The first kappa shape index (κ1) is 16.1. The highest BCUT2D eigenvalue weighted by atomic mass is 14.3. The third kappa shape index (κ3) is 3.93. The maximum Gasteiger partial charge on any atom is -0.0162 e. The Bertz CT molecular complexity index is 623. The van der Waals surface area contributed by atoms with E-state index in [2.05, 4.69) is 74.5 Å². The van der Waals surface area contributed by atoms with Gasteiger partial charge in [-0.05, 0) is 66.7 Å².